The average Bonchev–Trinajstić information content (AvgIpc) is 2.86. The van der Waals surface area contributed by atoms with E-state index >= 15 is 0 Å². The highest BCUT2D eigenvalue weighted by molar-refractivity contribution is 5.80. The molecule has 0 aromatic heterocycles. The minimum atomic E-state index is -0.0907. The van der Waals surface area contributed by atoms with E-state index in [1.807, 2.05) is 18.2 Å². The van der Waals surface area contributed by atoms with Crippen LogP contribution in [0, 0.1) is 5.92 Å². The lowest BCUT2D eigenvalue weighted by Gasteiger charge is -2.31. The highest BCUT2D eigenvalue weighted by Crippen LogP contribution is 2.28. The first-order valence-electron chi connectivity index (χ1n) is 7.73. The summed E-state index contributed by atoms with van der Waals surface area (Å²) in [7, 11) is 0. The van der Waals surface area contributed by atoms with Crippen molar-refractivity contribution in [3.63, 3.8) is 0 Å². The van der Waals surface area contributed by atoms with Crippen LogP contribution >= 0.6 is 0 Å². The monoisotopic (exact) mass is 274 g/mol. The molecule has 3 heteroatoms. The second-order valence-electron chi connectivity index (χ2n) is 5.86. The Labute approximate surface area is 122 Å². The third-order valence-corrected chi connectivity index (χ3v) is 4.47. The Morgan fingerprint density at radius 1 is 1.35 bits per heavy atom. The van der Waals surface area contributed by atoms with Gasteiger partial charge in [0.1, 0.15) is 0 Å². The minimum absolute atomic E-state index is 0.0907. The fourth-order valence-corrected chi connectivity index (χ4v) is 3.25. The zero-order chi connectivity index (χ0) is 14.5. The maximum absolute atomic E-state index is 12.8. The Balaban J connectivity index is 2.08. The summed E-state index contributed by atoms with van der Waals surface area (Å²) in [5.41, 5.74) is 7.06. The van der Waals surface area contributed by atoms with Crippen LogP contribution in [0.1, 0.15) is 38.7 Å². The quantitative estimate of drug-likeness (QED) is 0.897. The van der Waals surface area contributed by atoms with Crippen molar-refractivity contribution in [3.8, 4) is 0 Å². The SMILES string of the molecule is CCC1CCC(C)N1C(=O)C(CN)Cc1ccccc1. The second kappa shape index (κ2) is 6.89. The molecule has 3 unspecified atom stereocenters. The normalized spacial score (nSPS) is 23.9. The van der Waals surface area contributed by atoms with Crippen LogP contribution in [0.2, 0.25) is 0 Å². The number of carbonyl (C=O) groups excluding carboxylic acids is 1. The zero-order valence-corrected chi connectivity index (χ0v) is 12.6. The van der Waals surface area contributed by atoms with Gasteiger partial charge in [0.2, 0.25) is 5.91 Å². The van der Waals surface area contributed by atoms with Gasteiger partial charge in [0, 0.05) is 18.6 Å². The predicted molar refractivity (Wildman–Crippen MR) is 82.3 cm³/mol. The molecule has 1 aromatic carbocycles. The van der Waals surface area contributed by atoms with Gasteiger partial charge in [0.25, 0.3) is 0 Å². The number of benzene rings is 1. The first kappa shape index (κ1) is 15.0. The number of hydrogen-bond acceptors (Lipinski definition) is 2. The van der Waals surface area contributed by atoms with Crippen molar-refractivity contribution in [2.24, 2.45) is 11.7 Å². The van der Waals surface area contributed by atoms with E-state index in [1.54, 1.807) is 0 Å². The fourth-order valence-electron chi connectivity index (χ4n) is 3.25. The molecule has 1 heterocycles. The first-order chi connectivity index (χ1) is 9.67. The summed E-state index contributed by atoms with van der Waals surface area (Å²) >= 11 is 0. The summed E-state index contributed by atoms with van der Waals surface area (Å²) in [5, 5.41) is 0. The van der Waals surface area contributed by atoms with Crippen molar-refractivity contribution in [2.45, 2.75) is 51.6 Å². The highest BCUT2D eigenvalue weighted by Gasteiger charge is 2.35. The molecule has 0 aliphatic carbocycles. The van der Waals surface area contributed by atoms with Gasteiger partial charge < -0.3 is 10.6 Å². The van der Waals surface area contributed by atoms with E-state index in [0.717, 1.165) is 25.7 Å². The first-order valence-corrected chi connectivity index (χ1v) is 7.73. The van der Waals surface area contributed by atoms with E-state index in [4.69, 9.17) is 5.73 Å². The summed E-state index contributed by atoms with van der Waals surface area (Å²) in [5.74, 6) is 0.153. The molecule has 1 aromatic rings. The lowest BCUT2D eigenvalue weighted by Crippen LogP contribution is -2.45. The predicted octanol–water partition coefficient (Wildman–Crippen LogP) is 2.59. The number of nitrogens with two attached hydrogens (primary N) is 1. The molecule has 0 bridgehead atoms. The molecule has 3 nitrogen and oxygen atoms in total. The topological polar surface area (TPSA) is 46.3 Å². The van der Waals surface area contributed by atoms with Crippen molar-refractivity contribution in [1.29, 1.82) is 0 Å². The van der Waals surface area contributed by atoms with Crippen LogP contribution in [0.3, 0.4) is 0 Å². The summed E-state index contributed by atoms with van der Waals surface area (Å²) in [6, 6.07) is 10.9. The molecule has 1 aliphatic heterocycles. The summed E-state index contributed by atoms with van der Waals surface area (Å²) in [6.07, 6.45) is 4.04. The zero-order valence-electron chi connectivity index (χ0n) is 12.6. The molecule has 1 fully saturated rings. The van der Waals surface area contributed by atoms with Gasteiger partial charge in [-0.15, -0.1) is 0 Å². The molecule has 0 saturated carbocycles. The van der Waals surface area contributed by atoms with E-state index in [9.17, 15) is 4.79 Å². The Kier molecular flexibility index (Phi) is 5.18. The van der Waals surface area contributed by atoms with E-state index in [1.165, 1.54) is 5.56 Å². The molecule has 2 rings (SSSR count). The van der Waals surface area contributed by atoms with E-state index in [-0.39, 0.29) is 11.8 Å². The van der Waals surface area contributed by atoms with Gasteiger partial charge in [-0.3, -0.25) is 4.79 Å². The largest absolute Gasteiger partial charge is 0.337 e. The lowest BCUT2D eigenvalue weighted by molar-refractivity contribution is -0.138. The molecule has 1 amide bonds. The third-order valence-electron chi connectivity index (χ3n) is 4.47. The van der Waals surface area contributed by atoms with Crippen molar-refractivity contribution in [3.05, 3.63) is 35.9 Å². The molecule has 1 saturated heterocycles. The molecule has 110 valence electrons. The number of amides is 1. The maximum atomic E-state index is 12.8. The smallest absolute Gasteiger partial charge is 0.227 e. The van der Waals surface area contributed by atoms with E-state index in [2.05, 4.69) is 30.9 Å². The molecular weight excluding hydrogens is 248 g/mol. The number of hydrogen-bond donors (Lipinski definition) is 1. The minimum Gasteiger partial charge on any atom is -0.337 e. The number of carbonyl (C=O) groups is 1. The van der Waals surface area contributed by atoms with Crippen LogP contribution in [-0.4, -0.2) is 29.4 Å². The molecule has 0 spiro atoms. The van der Waals surface area contributed by atoms with Gasteiger partial charge in [-0.2, -0.15) is 0 Å². The van der Waals surface area contributed by atoms with Crippen LogP contribution in [0.5, 0.6) is 0 Å². The molecule has 20 heavy (non-hydrogen) atoms. The summed E-state index contributed by atoms with van der Waals surface area (Å²) in [6.45, 7) is 4.74. The third kappa shape index (κ3) is 3.21. The standard InChI is InChI=1S/C17H26N2O/c1-3-16-10-9-13(2)19(16)17(20)15(12-18)11-14-7-5-4-6-8-14/h4-8,13,15-16H,3,9-12,18H2,1-2H3. The second-order valence-corrected chi connectivity index (χ2v) is 5.86. The lowest BCUT2D eigenvalue weighted by atomic mass is 9.97. The molecule has 0 radical (unpaired) electrons. The van der Waals surface area contributed by atoms with E-state index < -0.39 is 0 Å². The van der Waals surface area contributed by atoms with Crippen molar-refractivity contribution < 1.29 is 4.79 Å². The Morgan fingerprint density at radius 3 is 2.65 bits per heavy atom. The fraction of sp³-hybridized carbons (Fsp3) is 0.588. The van der Waals surface area contributed by atoms with Gasteiger partial charge in [-0.1, -0.05) is 37.3 Å². The van der Waals surface area contributed by atoms with Gasteiger partial charge in [0.05, 0.1) is 5.92 Å². The summed E-state index contributed by atoms with van der Waals surface area (Å²) < 4.78 is 0. The van der Waals surface area contributed by atoms with Gasteiger partial charge in [0.15, 0.2) is 0 Å². The van der Waals surface area contributed by atoms with Crippen LogP contribution in [0.25, 0.3) is 0 Å². The van der Waals surface area contributed by atoms with Crippen molar-refractivity contribution >= 4 is 5.91 Å². The number of nitrogens with zero attached hydrogens (tertiary/aromatic N) is 1. The average molecular weight is 274 g/mol. The Morgan fingerprint density at radius 2 is 2.05 bits per heavy atom. The Hall–Kier alpha value is -1.35. The molecule has 1 aliphatic rings. The molecule has 3 atom stereocenters. The molecule has 2 N–H and O–H groups in total. The Bertz CT molecular complexity index is 432. The van der Waals surface area contributed by atoms with Crippen LogP contribution in [0.4, 0.5) is 0 Å². The summed E-state index contributed by atoms with van der Waals surface area (Å²) in [4.78, 5) is 14.9. The molecular formula is C17H26N2O. The van der Waals surface area contributed by atoms with Gasteiger partial charge in [-0.25, -0.2) is 0 Å². The van der Waals surface area contributed by atoms with E-state index in [0.29, 0.717) is 18.6 Å². The van der Waals surface area contributed by atoms with Crippen molar-refractivity contribution in [1.82, 2.24) is 4.90 Å². The highest BCUT2D eigenvalue weighted by atomic mass is 16.2. The number of likely N-dealkylation sites (tertiary alicyclic amines) is 1. The van der Waals surface area contributed by atoms with Gasteiger partial charge in [-0.05, 0) is 38.2 Å². The number of rotatable bonds is 5. The van der Waals surface area contributed by atoms with Crippen molar-refractivity contribution in [2.75, 3.05) is 6.54 Å². The van der Waals surface area contributed by atoms with Crippen LogP contribution < -0.4 is 5.73 Å². The van der Waals surface area contributed by atoms with Crippen LogP contribution in [0.15, 0.2) is 30.3 Å². The van der Waals surface area contributed by atoms with Crippen LogP contribution in [-0.2, 0) is 11.2 Å². The maximum Gasteiger partial charge on any atom is 0.227 e. The van der Waals surface area contributed by atoms with Gasteiger partial charge >= 0.3 is 0 Å².